The number of hydrogen-bond donors (Lipinski definition) is 3. The van der Waals surface area contributed by atoms with Crippen molar-refractivity contribution in [3.8, 4) is 0 Å². The molecule has 2 aliphatic carbocycles. The summed E-state index contributed by atoms with van der Waals surface area (Å²) in [5.41, 5.74) is 1.71. The number of hydrogen-bond acceptors (Lipinski definition) is 2. The zero-order chi connectivity index (χ0) is 17.1. The minimum absolute atomic E-state index is 0.0995. The van der Waals surface area contributed by atoms with Crippen LogP contribution < -0.4 is 16.0 Å². The van der Waals surface area contributed by atoms with E-state index < -0.39 is 0 Å². The molecule has 2 saturated carbocycles. The lowest BCUT2D eigenvalue weighted by molar-refractivity contribution is -0.114. The van der Waals surface area contributed by atoms with Crippen LogP contribution >= 0.6 is 0 Å². The summed E-state index contributed by atoms with van der Waals surface area (Å²) in [6.45, 7) is 4.06. The molecule has 1 aromatic rings. The average Bonchev–Trinajstić information content (AvgIpc) is 3.15. The topological polar surface area (TPSA) is 70.2 Å². The van der Waals surface area contributed by atoms with E-state index in [1.807, 2.05) is 24.3 Å². The molecular weight excluding hydrogens is 302 g/mol. The number of urea groups is 1. The summed E-state index contributed by atoms with van der Waals surface area (Å²) in [7, 11) is 0. The van der Waals surface area contributed by atoms with Crippen molar-refractivity contribution in [1.82, 2.24) is 10.6 Å². The maximum Gasteiger partial charge on any atom is 0.315 e. The number of fused-ring (bicyclic) bond motifs is 2. The Bertz CT molecular complexity index is 616. The van der Waals surface area contributed by atoms with Crippen molar-refractivity contribution < 1.29 is 9.59 Å². The fourth-order valence-electron chi connectivity index (χ4n) is 4.42. The van der Waals surface area contributed by atoms with Gasteiger partial charge in [-0.15, -0.1) is 0 Å². The maximum atomic E-state index is 12.2. The van der Waals surface area contributed by atoms with Crippen molar-refractivity contribution in [3.05, 3.63) is 29.8 Å². The molecule has 0 radical (unpaired) electrons. The highest BCUT2D eigenvalue weighted by molar-refractivity contribution is 5.88. The largest absolute Gasteiger partial charge is 0.335 e. The molecule has 5 heteroatoms. The number of anilines is 1. The van der Waals surface area contributed by atoms with E-state index >= 15 is 0 Å². The van der Waals surface area contributed by atoms with Crippen molar-refractivity contribution in [2.24, 2.45) is 17.8 Å². The first-order chi connectivity index (χ1) is 11.5. The monoisotopic (exact) mass is 329 g/mol. The Kier molecular flexibility index (Phi) is 5.07. The van der Waals surface area contributed by atoms with Gasteiger partial charge >= 0.3 is 6.03 Å². The van der Waals surface area contributed by atoms with Crippen LogP contribution in [0.5, 0.6) is 0 Å². The van der Waals surface area contributed by atoms with E-state index in [4.69, 9.17) is 0 Å². The highest BCUT2D eigenvalue weighted by Crippen LogP contribution is 2.49. The van der Waals surface area contributed by atoms with Gasteiger partial charge in [-0.1, -0.05) is 18.6 Å². The number of carbonyl (C=O) groups excluding carboxylic acids is 2. The number of carbonyl (C=O) groups is 2. The predicted octanol–water partition coefficient (Wildman–Crippen LogP) is 3.27. The first-order valence-electron chi connectivity index (χ1n) is 8.92. The smallest absolute Gasteiger partial charge is 0.315 e. The molecule has 24 heavy (non-hydrogen) atoms. The van der Waals surface area contributed by atoms with E-state index in [0.29, 0.717) is 12.5 Å². The van der Waals surface area contributed by atoms with Gasteiger partial charge in [0.05, 0.1) is 0 Å². The number of benzene rings is 1. The van der Waals surface area contributed by atoms with Crippen LogP contribution in [0.1, 0.15) is 45.1 Å². The molecule has 3 amide bonds. The van der Waals surface area contributed by atoms with E-state index in [1.165, 1.54) is 32.6 Å². The molecule has 5 nitrogen and oxygen atoms in total. The Morgan fingerprint density at radius 3 is 2.75 bits per heavy atom. The first-order valence-corrected chi connectivity index (χ1v) is 8.92. The fourth-order valence-corrected chi connectivity index (χ4v) is 4.42. The van der Waals surface area contributed by atoms with E-state index in [0.717, 1.165) is 23.1 Å². The SMILES string of the molecule is CC(=O)Nc1cccc(CNC(=O)N[C@@H](C)[C@@H]2C[C@H]3CC[C@H]2C3)c1. The van der Waals surface area contributed by atoms with E-state index in [1.54, 1.807) is 0 Å². The van der Waals surface area contributed by atoms with Crippen LogP contribution in [0.3, 0.4) is 0 Å². The van der Waals surface area contributed by atoms with Crippen molar-refractivity contribution in [3.63, 3.8) is 0 Å². The van der Waals surface area contributed by atoms with Gasteiger partial charge in [0.1, 0.15) is 0 Å². The molecule has 0 aliphatic heterocycles. The lowest BCUT2D eigenvalue weighted by Gasteiger charge is -2.28. The highest BCUT2D eigenvalue weighted by atomic mass is 16.2. The Morgan fingerprint density at radius 1 is 1.25 bits per heavy atom. The van der Waals surface area contributed by atoms with Gasteiger partial charge in [0.15, 0.2) is 0 Å². The zero-order valence-corrected chi connectivity index (χ0v) is 14.5. The molecule has 2 bridgehead atoms. The highest BCUT2D eigenvalue weighted by Gasteiger charge is 2.42. The molecule has 130 valence electrons. The van der Waals surface area contributed by atoms with Gasteiger partial charge in [-0.3, -0.25) is 4.79 Å². The Morgan fingerprint density at radius 2 is 2.08 bits per heavy atom. The molecular formula is C19H27N3O2. The Labute approximate surface area is 143 Å². The van der Waals surface area contributed by atoms with Crippen LogP contribution in [0.25, 0.3) is 0 Å². The second kappa shape index (κ2) is 7.24. The summed E-state index contributed by atoms with van der Waals surface area (Å²) in [5, 5.41) is 8.77. The van der Waals surface area contributed by atoms with Crippen molar-refractivity contribution in [2.45, 2.75) is 52.1 Å². The fraction of sp³-hybridized carbons (Fsp3) is 0.579. The molecule has 0 aromatic heterocycles. The average molecular weight is 329 g/mol. The van der Waals surface area contributed by atoms with E-state index in [2.05, 4.69) is 22.9 Å². The van der Waals surface area contributed by atoms with Gasteiger partial charge in [0, 0.05) is 25.2 Å². The molecule has 0 heterocycles. The van der Waals surface area contributed by atoms with Crippen molar-refractivity contribution in [2.75, 3.05) is 5.32 Å². The van der Waals surface area contributed by atoms with Crippen LogP contribution in [0, 0.1) is 17.8 Å². The van der Waals surface area contributed by atoms with Crippen LogP contribution in [-0.2, 0) is 11.3 Å². The molecule has 0 spiro atoms. The lowest BCUT2D eigenvalue weighted by Crippen LogP contribution is -2.45. The van der Waals surface area contributed by atoms with Crippen LogP contribution in [0.15, 0.2) is 24.3 Å². The Hall–Kier alpha value is -2.04. The normalized spacial score (nSPS) is 26.0. The number of rotatable bonds is 5. The summed E-state index contributed by atoms with van der Waals surface area (Å²) in [6, 6.07) is 7.63. The van der Waals surface area contributed by atoms with Crippen LogP contribution in [0.4, 0.5) is 10.5 Å². The molecule has 2 aliphatic rings. The summed E-state index contributed by atoms with van der Waals surface area (Å²) >= 11 is 0. The standard InChI is InChI=1S/C19H27N3O2/c1-12(18-10-14-6-7-16(18)8-14)21-19(24)20-11-15-4-3-5-17(9-15)22-13(2)23/h3-5,9,12,14,16,18H,6-8,10-11H2,1-2H3,(H,22,23)(H2,20,21,24)/t12-,14-,16-,18-/m0/s1. The molecule has 1 aromatic carbocycles. The molecule has 0 saturated heterocycles. The summed E-state index contributed by atoms with van der Waals surface area (Å²) in [4.78, 5) is 23.3. The second-order valence-corrected chi connectivity index (χ2v) is 7.34. The third-order valence-corrected chi connectivity index (χ3v) is 5.49. The second-order valence-electron chi connectivity index (χ2n) is 7.34. The van der Waals surface area contributed by atoms with Gasteiger partial charge in [-0.25, -0.2) is 4.79 Å². The molecule has 0 unspecified atom stereocenters. The van der Waals surface area contributed by atoms with Gasteiger partial charge in [-0.2, -0.15) is 0 Å². The molecule has 3 N–H and O–H groups in total. The number of nitrogens with one attached hydrogen (secondary N) is 3. The third-order valence-electron chi connectivity index (χ3n) is 5.49. The maximum absolute atomic E-state index is 12.2. The first kappa shape index (κ1) is 16.8. The number of amides is 3. The zero-order valence-electron chi connectivity index (χ0n) is 14.5. The molecule has 3 rings (SSSR count). The minimum atomic E-state index is -0.116. The van der Waals surface area contributed by atoms with Gasteiger partial charge in [0.2, 0.25) is 5.91 Å². The van der Waals surface area contributed by atoms with Crippen molar-refractivity contribution >= 4 is 17.6 Å². The van der Waals surface area contributed by atoms with E-state index in [-0.39, 0.29) is 18.0 Å². The lowest BCUT2D eigenvalue weighted by atomic mass is 9.84. The van der Waals surface area contributed by atoms with E-state index in [9.17, 15) is 9.59 Å². The molecule has 4 atom stereocenters. The minimum Gasteiger partial charge on any atom is -0.335 e. The van der Waals surface area contributed by atoms with Gasteiger partial charge in [-0.05, 0) is 61.6 Å². The third kappa shape index (κ3) is 4.08. The predicted molar refractivity (Wildman–Crippen MR) is 94.5 cm³/mol. The van der Waals surface area contributed by atoms with Gasteiger partial charge < -0.3 is 16.0 Å². The van der Waals surface area contributed by atoms with Crippen LogP contribution in [-0.4, -0.2) is 18.0 Å². The summed E-state index contributed by atoms with van der Waals surface area (Å²) in [6.07, 6.45) is 5.34. The Balaban J connectivity index is 1.46. The quantitative estimate of drug-likeness (QED) is 0.776. The van der Waals surface area contributed by atoms with Crippen LogP contribution in [0.2, 0.25) is 0 Å². The van der Waals surface area contributed by atoms with Gasteiger partial charge in [0.25, 0.3) is 0 Å². The van der Waals surface area contributed by atoms with Crippen molar-refractivity contribution in [1.29, 1.82) is 0 Å². The summed E-state index contributed by atoms with van der Waals surface area (Å²) < 4.78 is 0. The summed E-state index contributed by atoms with van der Waals surface area (Å²) in [5.74, 6) is 2.23. The molecule has 2 fully saturated rings.